The van der Waals surface area contributed by atoms with Crippen molar-refractivity contribution in [3.05, 3.63) is 0 Å². The SMILES string of the molecule is C[C@]12CCCC[C@@H]1C(=O)C[C@@H]1[C@@H]2CC[C@]2(C)C(=O)CC(C(N)=O)[C@@H]12. The molecule has 4 aliphatic rings. The first kappa shape index (κ1) is 16.3. The molecule has 2 N–H and O–H groups in total. The predicted molar refractivity (Wildman–Crippen MR) is 89.8 cm³/mol. The third-order valence-corrected chi connectivity index (χ3v) is 8.46. The topological polar surface area (TPSA) is 77.2 Å². The lowest BCUT2D eigenvalue weighted by molar-refractivity contribution is -0.159. The second-order valence-corrected chi connectivity index (χ2v) is 9.36. The highest BCUT2D eigenvalue weighted by molar-refractivity contribution is 5.94. The monoisotopic (exact) mass is 331 g/mol. The van der Waals surface area contributed by atoms with E-state index in [9.17, 15) is 14.4 Å². The van der Waals surface area contributed by atoms with E-state index in [4.69, 9.17) is 5.73 Å². The molecule has 132 valence electrons. The van der Waals surface area contributed by atoms with E-state index in [-0.39, 0.29) is 47.2 Å². The molecule has 1 amide bonds. The molecule has 24 heavy (non-hydrogen) atoms. The fourth-order valence-electron chi connectivity index (χ4n) is 7.26. The highest BCUT2D eigenvalue weighted by atomic mass is 16.2. The van der Waals surface area contributed by atoms with Crippen molar-refractivity contribution in [2.24, 2.45) is 46.2 Å². The fourth-order valence-corrected chi connectivity index (χ4v) is 7.26. The lowest BCUT2D eigenvalue weighted by Crippen LogP contribution is -2.57. The first-order valence-corrected chi connectivity index (χ1v) is 9.64. The Morgan fingerprint density at radius 2 is 1.83 bits per heavy atom. The Kier molecular flexibility index (Phi) is 3.50. The number of hydrogen-bond donors (Lipinski definition) is 1. The maximum atomic E-state index is 12.9. The molecule has 0 radical (unpaired) electrons. The van der Waals surface area contributed by atoms with Crippen LogP contribution in [-0.4, -0.2) is 17.5 Å². The summed E-state index contributed by atoms with van der Waals surface area (Å²) in [5, 5.41) is 0. The number of carbonyl (C=O) groups excluding carboxylic acids is 3. The second-order valence-electron chi connectivity index (χ2n) is 9.36. The molecule has 1 unspecified atom stereocenters. The fraction of sp³-hybridized carbons (Fsp3) is 0.850. The number of carbonyl (C=O) groups is 3. The molecular weight excluding hydrogens is 302 g/mol. The van der Waals surface area contributed by atoms with Gasteiger partial charge in [-0.2, -0.15) is 0 Å². The average Bonchev–Trinajstić information content (AvgIpc) is 2.79. The molecule has 0 bridgehead atoms. The normalized spacial score (nSPS) is 50.8. The molecule has 4 heteroatoms. The molecule has 0 spiro atoms. The summed E-state index contributed by atoms with van der Waals surface area (Å²) in [5.41, 5.74) is 5.29. The lowest BCUT2D eigenvalue weighted by atomic mass is 9.44. The van der Waals surface area contributed by atoms with E-state index in [1.54, 1.807) is 0 Å². The summed E-state index contributed by atoms with van der Waals surface area (Å²) in [5.74, 6) is 0.660. The van der Waals surface area contributed by atoms with E-state index in [1.807, 2.05) is 6.92 Å². The summed E-state index contributed by atoms with van der Waals surface area (Å²) in [6.45, 7) is 4.34. The van der Waals surface area contributed by atoms with E-state index in [0.29, 0.717) is 18.1 Å². The zero-order valence-electron chi connectivity index (χ0n) is 14.8. The highest BCUT2D eigenvalue weighted by Gasteiger charge is 2.64. The van der Waals surface area contributed by atoms with E-state index in [1.165, 1.54) is 6.42 Å². The molecule has 4 nitrogen and oxygen atoms in total. The molecule has 4 rings (SSSR count). The first-order chi connectivity index (χ1) is 11.3. The number of rotatable bonds is 1. The summed E-state index contributed by atoms with van der Waals surface area (Å²) in [6, 6.07) is 0. The number of nitrogens with two attached hydrogens (primary N) is 1. The van der Waals surface area contributed by atoms with Crippen LogP contribution in [0.4, 0.5) is 0 Å². The summed E-state index contributed by atoms with van der Waals surface area (Å²) in [6.07, 6.45) is 7.22. The van der Waals surface area contributed by atoms with E-state index >= 15 is 0 Å². The summed E-state index contributed by atoms with van der Waals surface area (Å²) in [7, 11) is 0. The van der Waals surface area contributed by atoms with Crippen LogP contribution in [-0.2, 0) is 14.4 Å². The van der Waals surface area contributed by atoms with Crippen LogP contribution < -0.4 is 5.73 Å². The summed E-state index contributed by atoms with van der Waals surface area (Å²) < 4.78 is 0. The molecule has 4 saturated carbocycles. The minimum atomic E-state index is -0.445. The Morgan fingerprint density at radius 3 is 2.54 bits per heavy atom. The minimum Gasteiger partial charge on any atom is -0.369 e. The number of fused-ring (bicyclic) bond motifs is 5. The zero-order valence-corrected chi connectivity index (χ0v) is 14.8. The van der Waals surface area contributed by atoms with E-state index in [0.717, 1.165) is 32.1 Å². The number of Topliss-reactive ketones (excluding diaryl/α,β-unsaturated/α-hetero) is 2. The molecule has 7 atom stereocenters. The Hall–Kier alpha value is -1.19. The Balaban J connectivity index is 1.76. The van der Waals surface area contributed by atoms with Crippen molar-refractivity contribution in [3.8, 4) is 0 Å². The Morgan fingerprint density at radius 1 is 1.08 bits per heavy atom. The maximum absolute atomic E-state index is 12.9. The van der Waals surface area contributed by atoms with Crippen LogP contribution in [0, 0.1) is 40.4 Å². The van der Waals surface area contributed by atoms with Gasteiger partial charge in [0.15, 0.2) is 0 Å². The number of primary amides is 1. The van der Waals surface area contributed by atoms with Crippen molar-refractivity contribution in [2.75, 3.05) is 0 Å². The average molecular weight is 331 g/mol. The van der Waals surface area contributed by atoms with Gasteiger partial charge in [-0.1, -0.05) is 26.7 Å². The van der Waals surface area contributed by atoms with Crippen LogP contribution in [0.3, 0.4) is 0 Å². The lowest BCUT2D eigenvalue weighted by Gasteiger charge is -2.59. The second kappa shape index (κ2) is 5.15. The van der Waals surface area contributed by atoms with E-state index < -0.39 is 5.41 Å². The van der Waals surface area contributed by atoms with Crippen LogP contribution in [0.1, 0.15) is 65.2 Å². The molecular formula is C20H29NO3. The van der Waals surface area contributed by atoms with Crippen molar-refractivity contribution < 1.29 is 14.4 Å². The van der Waals surface area contributed by atoms with Crippen molar-refractivity contribution in [2.45, 2.75) is 65.2 Å². The predicted octanol–water partition coefficient (Wildman–Crippen LogP) is 2.88. The molecule has 4 aliphatic carbocycles. The van der Waals surface area contributed by atoms with Gasteiger partial charge in [0.25, 0.3) is 0 Å². The smallest absolute Gasteiger partial charge is 0.221 e. The molecule has 0 aromatic carbocycles. The van der Waals surface area contributed by atoms with Crippen LogP contribution in [0.2, 0.25) is 0 Å². The largest absolute Gasteiger partial charge is 0.369 e. The van der Waals surface area contributed by atoms with Gasteiger partial charge in [-0.15, -0.1) is 0 Å². The van der Waals surface area contributed by atoms with E-state index in [2.05, 4.69) is 6.92 Å². The van der Waals surface area contributed by atoms with Gasteiger partial charge < -0.3 is 5.73 Å². The summed E-state index contributed by atoms with van der Waals surface area (Å²) in [4.78, 5) is 37.7. The van der Waals surface area contributed by atoms with Gasteiger partial charge in [-0.25, -0.2) is 0 Å². The standard InChI is InChI=1S/C20H29NO3/c1-19-7-4-3-5-14(19)15(22)9-11-13(19)6-8-20(2)16(23)10-12(17(11)20)18(21)24/h11-14,17H,3-10H2,1-2H3,(H2,21,24)/t11-,12?,13+,14-,17-,19-,20-/m1/s1. The van der Waals surface area contributed by atoms with Gasteiger partial charge in [0.1, 0.15) is 11.6 Å². The molecule has 4 fully saturated rings. The number of hydrogen-bond acceptors (Lipinski definition) is 3. The van der Waals surface area contributed by atoms with Crippen molar-refractivity contribution in [1.82, 2.24) is 0 Å². The third kappa shape index (κ3) is 1.94. The van der Waals surface area contributed by atoms with Gasteiger partial charge in [-0.3, -0.25) is 14.4 Å². The quantitative estimate of drug-likeness (QED) is 0.802. The van der Waals surface area contributed by atoms with Crippen molar-refractivity contribution >= 4 is 17.5 Å². The third-order valence-electron chi connectivity index (χ3n) is 8.46. The van der Waals surface area contributed by atoms with Crippen molar-refractivity contribution in [3.63, 3.8) is 0 Å². The van der Waals surface area contributed by atoms with Crippen LogP contribution in [0.15, 0.2) is 0 Å². The van der Waals surface area contributed by atoms with Gasteiger partial charge in [0, 0.05) is 30.1 Å². The number of amides is 1. The van der Waals surface area contributed by atoms with Crippen LogP contribution in [0.25, 0.3) is 0 Å². The molecule has 0 saturated heterocycles. The highest BCUT2D eigenvalue weighted by Crippen LogP contribution is 2.65. The Labute approximate surface area is 143 Å². The molecule has 0 heterocycles. The van der Waals surface area contributed by atoms with Gasteiger partial charge >= 0.3 is 0 Å². The first-order valence-electron chi connectivity index (χ1n) is 9.64. The summed E-state index contributed by atoms with van der Waals surface area (Å²) >= 11 is 0. The minimum absolute atomic E-state index is 0.0232. The van der Waals surface area contributed by atoms with Gasteiger partial charge in [0.05, 0.1) is 0 Å². The van der Waals surface area contributed by atoms with Crippen molar-refractivity contribution in [1.29, 1.82) is 0 Å². The molecule has 0 aliphatic heterocycles. The van der Waals surface area contributed by atoms with Gasteiger partial charge in [0.2, 0.25) is 5.91 Å². The molecule has 0 aromatic heterocycles. The zero-order chi connectivity index (χ0) is 17.3. The Bertz CT molecular complexity index is 614. The molecule has 0 aromatic rings. The van der Waals surface area contributed by atoms with Crippen LogP contribution in [0.5, 0.6) is 0 Å². The van der Waals surface area contributed by atoms with Gasteiger partial charge in [-0.05, 0) is 48.9 Å². The van der Waals surface area contributed by atoms with Crippen LogP contribution >= 0.6 is 0 Å². The number of ketones is 2. The maximum Gasteiger partial charge on any atom is 0.221 e.